The first-order valence-corrected chi connectivity index (χ1v) is 8.87. The average molecular weight is 438 g/mol. The second kappa shape index (κ2) is 6.43. The van der Waals surface area contributed by atoms with E-state index in [0.717, 1.165) is 0 Å². The summed E-state index contributed by atoms with van der Waals surface area (Å²) in [4.78, 5) is -0.447. The minimum absolute atomic E-state index is 0.0926. The minimum atomic E-state index is -4.05. The largest absolute Gasteiger partial charge is 0.326 e. The maximum Gasteiger partial charge on any atom is 0.264 e. The summed E-state index contributed by atoms with van der Waals surface area (Å²) in [5, 5.41) is 0. The number of sulfonamides is 1. The molecule has 0 amide bonds. The molecule has 112 valence electrons. The molecule has 2 aromatic rings. The summed E-state index contributed by atoms with van der Waals surface area (Å²) < 4.78 is 42.3. The van der Waals surface area contributed by atoms with Crippen molar-refractivity contribution in [3.63, 3.8) is 0 Å². The first kappa shape index (κ1) is 16.4. The predicted molar refractivity (Wildman–Crippen MR) is 86.9 cm³/mol. The van der Waals surface area contributed by atoms with Crippen LogP contribution in [0.1, 0.15) is 5.56 Å². The van der Waals surface area contributed by atoms with E-state index in [1.54, 1.807) is 24.3 Å². The zero-order valence-electron chi connectivity index (χ0n) is 10.6. The zero-order chi connectivity index (χ0) is 15.6. The molecule has 2 aromatic carbocycles. The number of hydrogen-bond donors (Lipinski definition) is 2. The van der Waals surface area contributed by atoms with Gasteiger partial charge in [-0.15, -0.1) is 0 Å². The van der Waals surface area contributed by atoms with Crippen molar-refractivity contribution < 1.29 is 12.8 Å². The van der Waals surface area contributed by atoms with Gasteiger partial charge in [-0.05, 0) is 30.3 Å². The molecule has 0 atom stereocenters. The van der Waals surface area contributed by atoms with E-state index in [-0.39, 0.29) is 12.1 Å². The normalized spacial score (nSPS) is 11.4. The Labute approximate surface area is 138 Å². The minimum Gasteiger partial charge on any atom is -0.326 e. The number of benzene rings is 2. The molecule has 0 radical (unpaired) electrons. The van der Waals surface area contributed by atoms with Crippen LogP contribution in [0.4, 0.5) is 10.1 Å². The molecule has 4 nitrogen and oxygen atoms in total. The fourth-order valence-electron chi connectivity index (χ4n) is 1.72. The molecule has 0 fully saturated rings. The van der Waals surface area contributed by atoms with E-state index in [1.807, 2.05) is 0 Å². The monoisotopic (exact) mass is 436 g/mol. The van der Waals surface area contributed by atoms with Gasteiger partial charge in [-0.2, -0.15) is 0 Å². The Balaban J connectivity index is 2.47. The molecule has 0 heterocycles. The molecule has 21 heavy (non-hydrogen) atoms. The lowest BCUT2D eigenvalue weighted by Crippen LogP contribution is -2.16. The van der Waals surface area contributed by atoms with Crippen LogP contribution in [-0.4, -0.2) is 8.42 Å². The van der Waals surface area contributed by atoms with Gasteiger partial charge in [-0.3, -0.25) is 4.72 Å². The molecule has 0 aliphatic heterocycles. The van der Waals surface area contributed by atoms with E-state index in [1.165, 1.54) is 12.1 Å². The van der Waals surface area contributed by atoms with Gasteiger partial charge >= 0.3 is 0 Å². The first-order chi connectivity index (χ1) is 9.83. The summed E-state index contributed by atoms with van der Waals surface area (Å²) in [5.74, 6) is -0.844. The number of hydrogen-bond acceptors (Lipinski definition) is 3. The van der Waals surface area contributed by atoms with Gasteiger partial charge in [0, 0.05) is 26.7 Å². The van der Waals surface area contributed by atoms with Crippen LogP contribution in [-0.2, 0) is 16.6 Å². The molecule has 0 saturated carbocycles. The van der Waals surface area contributed by atoms with Crippen molar-refractivity contribution in [2.24, 2.45) is 5.73 Å². The van der Waals surface area contributed by atoms with E-state index in [9.17, 15) is 12.8 Å². The van der Waals surface area contributed by atoms with Crippen molar-refractivity contribution in [3.05, 3.63) is 56.7 Å². The quantitative estimate of drug-likeness (QED) is 0.767. The lowest BCUT2D eigenvalue weighted by Gasteiger charge is -2.11. The highest BCUT2D eigenvalue weighted by Crippen LogP contribution is 2.26. The topological polar surface area (TPSA) is 72.2 Å². The summed E-state index contributed by atoms with van der Waals surface area (Å²) in [6.07, 6.45) is 0. The van der Waals surface area contributed by atoms with Crippen LogP contribution < -0.4 is 10.5 Å². The molecular formula is C13H11Br2FN2O2S. The smallest absolute Gasteiger partial charge is 0.264 e. The molecule has 0 saturated heterocycles. The van der Waals surface area contributed by atoms with Crippen LogP contribution in [0.15, 0.2) is 50.2 Å². The first-order valence-electron chi connectivity index (χ1n) is 5.80. The van der Waals surface area contributed by atoms with Crippen LogP contribution in [0.5, 0.6) is 0 Å². The fraction of sp³-hybridized carbons (Fsp3) is 0.0769. The fourth-order valence-corrected chi connectivity index (χ4v) is 3.98. The van der Waals surface area contributed by atoms with Crippen LogP contribution in [0.2, 0.25) is 0 Å². The number of rotatable bonds is 4. The van der Waals surface area contributed by atoms with Crippen molar-refractivity contribution in [1.29, 1.82) is 0 Å². The molecule has 3 N–H and O–H groups in total. The average Bonchev–Trinajstić information content (AvgIpc) is 2.40. The second-order valence-electron chi connectivity index (χ2n) is 4.20. The molecule has 0 spiro atoms. The van der Waals surface area contributed by atoms with Crippen molar-refractivity contribution in [2.75, 3.05) is 4.72 Å². The highest BCUT2D eigenvalue weighted by atomic mass is 79.9. The summed E-state index contributed by atoms with van der Waals surface area (Å²) in [6, 6.07) is 9.23. The van der Waals surface area contributed by atoms with Crippen molar-refractivity contribution >= 4 is 47.6 Å². The second-order valence-corrected chi connectivity index (χ2v) is 7.68. The maximum absolute atomic E-state index is 14.2. The lowest BCUT2D eigenvalue weighted by atomic mass is 10.2. The van der Waals surface area contributed by atoms with Crippen molar-refractivity contribution in [3.8, 4) is 0 Å². The van der Waals surface area contributed by atoms with E-state index in [4.69, 9.17) is 5.73 Å². The SMILES string of the molecule is NCc1cc(Br)cc(S(=O)(=O)Nc2cccc(Br)c2)c1F. The molecule has 0 aliphatic carbocycles. The molecular weight excluding hydrogens is 427 g/mol. The Kier molecular flexibility index (Phi) is 5.03. The van der Waals surface area contributed by atoms with Gasteiger partial charge < -0.3 is 5.73 Å². The highest BCUT2D eigenvalue weighted by Gasteiger charge is 2.22. The van der Waals surface area contributed by atoms with Gasteiger partial charge in [0.05, 0.1) is 0 Å². The molecule has 0 aromatic heterocycles. The number of nitrogens with one attached hydrogen (secondary N) is 1. The molecule has 2 rings (SSSR count). The Morgan fingerprint density at radius 3 is 2.48 bits per heavy atom. The van der Waals surface area contributed by atoms with Gasteiger partial charge in [-0.1, -0.05) is 37.9 Å². The summed E-state index contributed by atoms with van der Waals surface area (Å²) in [5.41, 5.74) is 5.88. The molecule has 0 bridgehead atoms. The summed E-state index contributed by atoms with van der Waals surface area (Å²) in [7, 11) is -4.05. The Morgan fingerprint density at radius 2 is 1.86 bits per heavy atom. The number of nitrogens with two attached hydrogens (primary N) is 1. The third-order valence-electron chi connectivity index (χ3n) is 2.67. The van der Waals surface area contributed by atoms with Crippen LogP contribution in [0, 0.1) is 5.82 Å². The van der Waals surface area contributed by atoms with Gasteiger partial charge in [0.15, 0.2) is 0 Å². The van der Waals surface area contributed by atoms with Gasteiger partial charge in [-0.25, -0.2) is 12.8 Å². The lowest BCUT2D eigenvalue weighted by molar-refractivity contribution is 0.560. The Hall–Kier alpha value is -0.960. The number of anilines is 1. The van der Waals surface area contributed by atoms with Crippen LogP contribution >= 0.6 is 31.9 Å². The Bertz CT molecular complexity index is 782. The standard InChI is InChI=1S/C13H11Br2FN2O2S/c14-9-2-1-3-11(5-9)18-21(19,20)12-6-10(15)4-8(7-17)13(12)16/h1-6,18H,7,17H2. The van der Waals surface area contributed by atoms with Crippen LogP contribution in [0.25, 0.3) is 0 Å². The van der Waals surface area contributed by atoms with E-state index in [2.05, 4.69) is 36.6 Å². The van der Waals surface area contributed by atoms with Crippen molar-refractivity contribution in [2.45, 2.75) is 11.4 Å². The third-order valence-corrected chi connectivity index (χ3v) is 5.00. The highest BCUT2D eigenvalue weighted by molar-refractivity contribution is 9.10. The number of halogens is 3. The molecule has 0 unspecified atom stereocenters. The zero-order valence-corrected chi connectivity index (χ0v) is 14.6. The Morgan fingerprint density at radius 1 is 1.14 bits per heavy atom. The van der Waals surface area contributed by atoms with Gasteiger partial charge in [0.1, 0.15) is 10.7 Å². The molecule has 0 aliphatic rings. The maximum atomic E-state index is 14.2. The van der Waals surface area contributed by atoms with E-state index in [0.29, 0.717) is 14.6 Å². The summed E-state index contributed by atoms with van der Waals surface area (Å²) >= 11 is 6.40. The van der Waals surface area contributed by atoms with Gasteiger partial charge in [0.25, 0.3) is 10.0 Å². The van der Waals surface area contributed by atoms with Crippen LogP contribution in [0.3, 0.4) is 0 Å². The van der Waals surface area contributed by atoms with E-state index < -0.39 is 20.7 Å². The van der Waals surface area contributed by atoms with E-state index >= 15 is 0 Å². The predicted octanol–water partition coefficient (Wildman–Crippen LogP) is 3.61. The summed E-state index contributed by atoms with van der Waals surface area (Å²) in [6.45, 7) is -0.0926. The van der Waals surface area contributed by atoms with Gasteiger partial charge in [0.2, 0.25) is 0 Å². The third kappa shape index (κ3) is 3.82. The van der Waals surface area contributed by atoms with Crippen molar-refractivity contribution in [1.82, 2.24) is 0 Å². The molecule has 8 heteroatoms.